The first kappa shape index (κ1) is 10.7. The van der Waals surface area contributed by atoms with Crippen LogP contribution in [0.3, 0.4) is 0 Å². The molecule has 0 spiro atoms. The molecule has 1 rings (SSSR count). The predicted octanol–water partition coefficient (Wildman–Crippen LogP) is 1.97. The van der Waals surface area contributed by atoms with Gasteiger partial charge in [0.1, 0.15) is 0 Å². The van der Waals surface area contributed by atoms with Crippen molar-refractivity contribution in [2.24, 2.45) is 5.92 Å². The molecule has 0 aromatic rings. The molecule has 1 N–H and O–H groups in total. The zero-order valence-corrected chi connectivity index (χ0v) is 8.97. The minimum atomic E-state index is 0.572. The SMILES string of the molecule is C/C(=C\C1CCOC1)CNC(C)C. The van der Waals surface area contributed by atoms with Gasteiger partial charge in [0.2, 0.25) is 0 Å². The number of nitrogens with one attached hydrogen (secondary N) is 1. The number of rotatable bonds is 4. The van der Waals surface area contributed by atoms with Crippen LogP contribution < -0.4 is 5.32 Å². The van der Waals surface area contributed by atoms with E-state index in [4.69, 9.17) is 4.74 Å². The van der Waals surface area contributed by atoms with Gasteiger partial charge in [0.15, 0.2) is 0 Å². The fourth-order valence-electron chi connectivity index (χ4n) is 1.51. The van der Waals surface area contributed by atoms with E-state index in [1.54, 1.807) is 0 Å². The third-order valence-corrected chi connectivity index (χ3v) is 2.27. The molecule has 0 aromatic heterocycles. The highest BCUT2D eigenvalue weighted by Crippen LogP contribution is 2.15. The van der Waals surface area contributed by atoms with E-state index in [9.17, 15) is 0 Å². The van der Waals surface area contributed by atoms with Gasteiger partial charge in [-0.25, -0.2) is 0 Å². The van der Waals surface area contributed by atoms with E-state index in [1.807, 2.05) is 0 Å². The number of ether oxygens (including phenoxy) is 1. The second kappa shape index (κ2) is 5.40. The van der Waals surface area contributed by atoms with Gasteiger partial charge in [0.25, 0.3) is 0 Å². The summed E-state index contributed by atoms with van der Waals surface area (Å²) < 4.78 is 5.32. The van der Waals surface area contributed by atoms with E-state index in [0.717, 1.165) is 19.8 Å². The standard InChI is InChI=1S/C11H21NO/c1-9(2)12-7-10(3)6-11-4-5-13-8-11/h6,9,11-12H,4-5,7-8H2,1-3H3/b10-6+. The van der Waals surface area contributed by atoms with Crippen LogP contribution >= 0.6 is 0 Å². The van der Waals surface area contributed by atoms with Gasteiger partial charge in [-0.1, -0.05) is 25.5 Å². The van der Waals surface area contributed by atoms with Crippen LogP contribution in [0.5, 0.6) is 0 Å². The topological polar surface area (TPSA) is 21.3 Å². The van der Waals surface area contributed by atoms with Crippen LogP contribution in [0.4, 0.5) is 0 Å². The lowest BCUT2D eigenvalue weighted by Gasteiger charge is -2.09. The molecule has 0 aliphatic carbocycles. The van der Waals surface area contributed by atoms with Gasteiger partial charge in [-0.2, -0.15) is 0 Å². The minimum Gasteiger partial charge on any atom is -0.381 e. The van der Waals surface area contributed by atoms with Crippen LogP contribution in [0.1, 0.15) is 27.2 Å². The molecule has 0 bridgehead atoms. The maximum Gasteiger partial charge on any atom is 0.0529 e. The predicted molar refractivity (Wildman–Crippen MR) is 55.8 cm³/mol. The largest absolute Gasteiger partial charge is 0.381 e. The molecular formula is C11H21NO. The summed E-state index contributed by atoms with van der Waals surface area (Å²) >= 11 is 0. The smallest absolute Gasteiger partial charge is 0.0529 e. The Morgan fingerprint density at radius 1 is 1.62 bits per heavy atom. The first-order chi connectivity index (χ1) is 6.18. The average molecular weight is 183 g/mol. The Morgan fingerprint density at radius 2 is 2.38 bits per heavy atom. The summed E-state index contributed by atoms with van der Waals surface area (Å²) in [7, 11) is 0. The van der Waals surface area contributed by atoms with Crippen molar-refractivity contribution in [3.05, 3.63) is 11.6 Å². The van der Waals surface area contributed by atoms with Gasteiger partial charge in [-0.05, 0) is 13.3 Å². The molecular weight excluding hydrogens is 162 g/mol. The minimum absolute atomic E-state index is 0.572. The summed E-state index contributed by atoms with van der Waals surface area (Å²) in [6.07, 6.45) is 3.54. The number of hydrogen-bond acceptors (Lipinski definition) is 2. The Balaban J connectivity index is 2.24. The Kier molecular flexibility index (Phi) is 4.46. The van der Waals surface area contributed by atoms with Crippen molar-refractivity contribution in [2.45, 2.75) is 33.2 Å². The van der Waals surface area contributed by atoms with Crippen molar-refractivity contribution >= 4 is 0 Å². The molecule has 2 nitrogen and oxygen atoms in total. The molecule has 76 valence electrons. The zero-order valence-electron chi connectivity index (χ0n) is 8.97. The molecule has 0 radical (unpaired) electrons. The summed E-state index contributed by atoms with van der Waals surface area (Å²) in [5, 5.41) is 3.41. The van der Waals surface area contributed by atoms with E-state index in [1.165, 1.54) is 12.0 Å². The van der Waals surface area contributed by atoms with Gasteiger partial charge >= 0.3 is 0 Å². The highest BCUT2D eigenvalue weighted by Gasteiger charge is 2.12. The van der Waals surface area contributed by atoms with Crippen molar-refractivity contribution in [3.8, 4) is 0 Å². The summed E-state index contributed by atoms with van der Waals surface area (Å²) in [4.78, 5) is 0. The van der Waals surface area contributed by atoms with Crippen LogP contribution in [0.2, 0.25) is 0 Å². The highest BCUT2D eigenvalue weighted by molar-refractivity contribution is 5.04. The Morgan fingerprint density at radius 3 is 2.92 bits per heavy atom. The molecule has 13 heavy (non-hydrogen) atoms. The molecule has 0 amide bonds. The van der Waals surface area contributed by atoms with Crippen LogP contribution in [0.15, 0.2) is 11.6 Å². The lowest BCUT2D eigenvalue weighted by Crippen LogP contribution is -2.24. The first-order valence-electron chi connectivity index (χ1n) is 5.17. The third-order valence-electron chi connectivity index (χ3n) is 2.27. The quantitative estimate of drug-likeness (QED) is 0.673. The second-order valence-electron chi connectivity index (χ2n) is 4.17. The van der Waals surface area contributed by atoms with Gasteiger partial charge in [-0.3, -0.25) is 0 Å². The van der Waals surface area contributed by atoms with Crippen LogP contribution in [0.25, 0.3) is 0 Å². The fourth-order valence-corrected chi connectivity index (χ4v) is 1.51. The van der Waals surface area contributed by atoms with Crippen LogP contribution in [-0.2, 0) is 4.74 Å². The van der Waals surface area contributed by atoms with Gasteiger partial charge in [0, 0.05) is 25.1 Å². The molecule has 1 aliphatic heterocycles. The Hall–Kier alpha value is -0.340. The highest BCUT2D eigenvalue weighted by atomic mass is 16.5. The van der Waals surface area contributed by atoms with Crippen molar-refractivity contribution in [2.75, 3.05) is 19.8 Å². The summed E-state index contributed by atoms with van der Waals surface area (Å²) in [5.41, 5.74) is 1.43. The van der Waals surface area contributed by atoms with Crippen molar-refractivity contribution < 1.29 is 4.74 Å². The van der Waals surface area contributed by atoms with E-state index < -0.39 is 0 Å². The molecule has 1 fully saturated rings. The van der Waals surface area contributed by atoms with Gasteiger partial charge in [0.05, 0.1) is 6.61 Å². The molecule has 1 atom stereocenters. The maximum atomic E-state index is 5.32. The lowest BCUT2D eigenvalue weighted by molar-refractivity contribution is 0.191. The van der Waals surface area contributed by atoms with Gasteiger partial charge in [-0.15, -0.1) is 0 Å². The second-order valence-corrected chi connectivity index (χ2v) is 4.17. The van der Waals surface area contributed by atoms with E-state index in [-0.39, 0.29) is 0 Å². The monoisotopic (exact) mass is 183 g/mol. The summed E-state index contributed by atoms with van der Waals surface area (Å²) in [5.74, 6) is 0.661. The van der Waals surface area contributed by atoms with Crippen LogP contribution in [0, 0.1) is 5.92 Å². The molecule has 1 unspecified atom stereocenters. The third kappa shape index (κ3) is 4.44. The Bertz CT molecular complexity index is 169. The molecule has 1 heterocycles. The van der Waals surface area contributed by atoms with Crippen LogP contribution in [-0.4, -0.2) is 25.8 Å². The molecule has 1 aliphatic rings. The normalized spacial score (nSPS) is 24.3. The molecule has 1 saturated heterocycles. The average Bonchev–Trinajstić information content (AvgIpc) is 2.53. The van der Waals surface area contributed by atoms with Crippen molar-refractivity contribution in [3.63, 3.8) is 0 Å². The molecule has 2 heteroatoms. The maximum absolute atomic E-state index is 5.32. The zero-order chi connectivity index (χ0) is 9.68. The van der Waals surface area contributed by atoms with Gasteiger partial charge < -0.3 is 10.1 Å². The Labute approximate surface area is 81.4 Å². The van der Waals surface area contributed by atoms with E-state index in [2.05, 4.69) is 32.2 Å². The molecule has 0 saturated carbocycles. The first-order valence-corrected chi connectivity index (χ1v) is 5.17. The van der Waals surface area contributed by atoms with Crippen molar-refractivity contribution in [1.82, 2.24) is 5.32 Å². The summed E-state index contributed by atoms with van der Waals surface area (Å²) in [6.45, 7) is 9.39. The fraction of sp³-hybridized carbons (Fsp3) is 0.818. The van der Waals surface area contributed by atoms with Crippen molar-refractivity contribution in [1.29, 1.82) is 0 Å². The van der Waals surface area contributed by atoms with E-state index >= 15 is 0 Å². The van der Waals surface area contributed by atoms with E-state index in [0.29, 0.717) is 12.0 Å². The molecule has 0 aromatic carbocycles. The lowest BCUT2D eigenvalue weighted by atomic mass is 10.1. The summed E-state index contributed by atoms with van der Waals surface area (Å²) in [6, 6.07) is 0.572. The number of hydrogen-bond donors (Lipinski definition) is 1.